The number of rotatable bonds is 2. The van der Waals surface area contributed by atoms with Crippen molar-refractivity contribution in [2.24, 2.45) is 0 Å². The van der Waals surface area contributed by atoms with Crippen molar-refractivity contribution >= 4 is 28.3 Å². The summed E-state index contributed by atoms with van der Waals surface area (Å²) in [5, 5.41) is 12.5. The van der Waals surface area contributed by atoms with Crippen molar-refractivity contribution in [2.45, 2.75) is 20.3 Å². The summed E-state index contributed by atoms with van der Waals surface area (Å²) in [6, 6.07) is -0.214. The molecule has 0 unspecified atom stereocenters. The molecular formula is C14H21N3O3S. The summed E-state index contributed by atoms with van der Waals surface area (Å²) in [6.07, 6.45) is 0.929. The van der Waals surface area contributed by atoms with E-state index in [2.05, 4.69) is 10.2 Å². The van der Waals surface area contributed by atoms with Crippen molar-refractivity contribution in [3.05, 3.63) is 16.0 Å². The Bertz CT molecular complexity index is 556. The Balaban J connectivity index is 2.12. The monoisotopic (exact) mass is 311 g/mol. The van der Waals surface area contributed by atoms with Crippen LogP contribution in [0.5, 0.6) is 0 Å². The first-order valence-electron chi connectivity index (χ1n) is 6.98. The summed E-state index contributed by atoms with van der Waals surface area (Å²) in [4.78, 5) is 28.5. The predicted molar refractivity (Wildman–Crippen MR) is 83.5 cm³/mol. The molecular weight excluding hydrogens is 290 g/mol. The molecule has 1 aliphatic rings. The first-order chi connectivity index (χ1) is 9.90. The SMILES string of the molecule is Cc1sc(NC(=O)N2CCCN(C)CC2)c(C(=O)O)c1C. The van der Waals surface area contributed by atoms with Gasteiger partial charge in [-0.25, -0.2) is 9.59 Å². The number of aryl methyl sites for hydroxylation is 1. The van der Waals surface area contributed by atoms with E-state index in [-0.39, 0.29) is 11.6 Å². The van der Waals surface area contributed by atoms with Gasteiger partial charge in [0.1, 0.15) is 5.00 Å². The van der Waals surface area contributed by atoms with Crippen LogP contribution in [0.15, 0.2) is 0 Å². The molecule has 2 N–H and O–H groups in total. The van der Waals surface area contributed by atoms with E-state index in [1.165, 1.54) is 11.3 Å². The molecule has 1 fully saturated rings. The van der Waals surface area contributed by atoms with E-state index >= 15 is 0 Å². The Kier molecular flexibility index (Phi) is 4.84. The van der Waals surface area contributed by atoms with Gasteiger partial charge in [0.2, 0.25) is 0 Å². The third-order valence-corrected chi connectivity index (χ3v) is 4.95. The number of amides is 2. The Morgan fingerprint density at radius 1 is 1.19 bits per heavy atom. The molecule has 0 aliphatic carbocycles. The third-order valence-electron chi connectivity index (χ3n) is 3.83. The summed E-state index contributed by atoms with van der Waals surface area (Å²) in [5.41, 5.74) is 0.927. The van der Waals surface area contributed by atoms with Crippen LogP contribution in [0.1, 0.15) is 27.2 Å². The van der Waals surface area contributed by atoms with Gasteiger partial charge < -0.3 is 14.9 Å². The highest BCUT2D eigenvalue weighted by atomic mass is 32.1. The molecule has 2 rings (SSSR count). The lowest BCUT2D eigenvalue weighted by atomic mass is 10.1. The second kappa shape index (κ2) is 6.44. The number of thiophene rings is 1. The van der Waals surface area contributed by atoms with Gasteiger partial charge in [-0.15, -0.1) is 11.3 Å². The van der Waals surface area contributed by atoms with E-state index in [1.807, 2.05) is 14.0 Å². The van der Waals surface area contributed by atoms with Gasteiger partial charge in [0.05, 0.1) is 5.56 Å². The Morgan fingerprint density at radius 3 is 2.57 bits per heavy atom. The summed E-state index contributed by atoms with van der Waals surface area (Å²) in [6.45, 7) is 6.80. The number of carboxylic acid groups (broad SMARTS) is 1. The van der Waals surface area contributed by atoms with Crippen LogP contribution in [0, 0.1) is 13.8 Å². The zero-order valence-electron chi connectivity index (χ0n) is 12.6. The lowest BCUT2D eigenvalue weighted by Gasteiger charge is -2.20. The highest BCUT2D eigenvalue weighted by Gasteiger charge is 2.23. The quantitative estimate of drug-likeness (QED) is 0.878. The van der Waals surface area contributed by atoms with Crippen molar-refractivity contribution in [1.29, 1.82) is 0 Å². The second-order valence-corrected chi connectivity index (χ2v) is 6.59. The van der Waals surface area contributed by atoms with Crippen LogP contribution in [0.2, 0.25) is 0 Å². The minimum atomic E-state index is -0.997. The average molecular weight is 311 g/mol. The molecule has 0 bridgehead atoms. The van der Waals surface area contributed by atoms with Gasteiger partial charge in [-0.1, -0.05) is 0 Å². The topological polar surface area (TPSA) is 72.9 Å². The van der Waals surface area contributed by atoms with Gasteiger partial charge in [0.15, 0.2) is 0 Å². The van der Waals surface area contributed by atoms with Gasteiger partial charge in [0, 0.05) is 24.5 Å². The maximum atomic E-state index is 12.3. The van der Waals surface area contributed by atoms with Gasteiger partial charge in [0.25, 0.3) is 0 Å². The van der Waals surface area contributed by atoms with Crippen molar-refractivity contribution in [3.8, 4) is 0 Å². The first-order valence-corrected chi connectivity index (χ1v) is 7.79. The van der Waals surface area contributed by atoms with E-state index in [1.54, 1.807) is 11.8 Å². The molecule has 1 aliphatic heterocycles. The fourth-order valence-electron chi connectivity index (χ4n) is 2.40. The molecule has 1 aromatic rings. The van der Waals surface area contributed by atoms with Crippen molar-refractivity contribution in [1.82, 2.24) is 9.80 Å². The van der Waals surface area contributed by atoms with Crippen LogP contribution in [-0.4, -0.2) is 60.1 Å². The van der Waals surface area contributed by atoms with Crippen LogP contribution in [0.4, 0.5) is 9.80 Å². The number of carbonyl (C=O) groups excluding carboxylic acids is 1. The van der Waals surface area contributed by atoms with Crippen molar-refractivity contribution in [3.63, 3.8) is 0 Å². The highest BCUT2D eigenvalue weighted by Crippen LogP contribution is 2.32. The number of aromatic carboxylic acids is 1. The molecule has 0 aromatic carbocycles. The number of carboxylic acids is 1. The maximum absolute atomic E-state index is 12.3. The zero-order chi connectivity index (χ0) is 15.6. The summed E-state index contributed by atoms with van der Waals surface area (Å²) < 4.78 is 0. The molecule has 116 valence electrons. The number of urea groups is 1. The second-order valence-electron chi connectivity index (χ2n) is 5.37. The average Bonchev–Trinajstić information content (AvgIpc) is 2.58. The van der Waals surface area contributed by atoms with Crippen molar-refractivity contribution < 1.29 is 14.7 Å². The first kappa shape index (κ1) is 15.8. The van der Waals surface area contributed by atoms with E-state index in [9.17, 15) is 14.7 Å². The maximum Gasteiger partial charge on any atom is 0.338 e. The summed E-state index contributed by atoms with van der Waals surface area (Å²) in [7, 11) is 2.04. The van der Waals surface area contributed by atoms with Crippen LogP contribution in [-0.2, 0) is 0 Å². The number of anilines is 1. The Morgan fingerprint density at radius 2 is 1.90 bits per heavy atom. The molecule has 7 heteroatoms. The number of hydrogen-bond acceptors (Lipinski definition) is 4. The van der Waals surface area contributed by atoms with Gasteiger partial charge in [-0.05, 0) is 39.4 Å². The van der Waals surface area contributed by atoms with Gasteiger partial charge >= 0.3 is 12.0 Å². The largest absolute Gasteiger partial charge is 0.478 e. The molecule has 0 atom stereocenters. The Hall–Kier alpha value is -1.60. The molecule has 21 heavy (non-hydrogen) atoms. The molecule has 0 spiro atoms. The van der Waals surface area contributed by atoms with Crippen LogP contribution in [0.3, 0.4) is 0 Å². The summed E-state index contributed by atoms with van der Waals surface area (Å²) in [5.74, 6) is -0.997. The zero-order valence-corrected chi connectivity index (χ0v) is 13.4. The smallest absolute Gasteiger partial charge is 0.338 e. The van der Waals surface area contributed by atoms with E-state index in [4.69, 9.17) is 0 Å². The van der Waals surface area contributed by atoms with E-state index in [0.29, 0.717) is 18.1 Å². The number of hydrogen-bond donors (Lipinski definition) is 2. The minimum absolute atomic E-state index is 0.206. The normalized spacial score (nSPS) is 16.6. The van der Waals surface area contributed by atoms with Gasteiger partial charge in [-0.3, -0.25) is 5.32 Å². The standard InChI is InChI=1S/C14H21N3O3S/c1-9-10(2)21-12(11(9)13(18)19)15-14(20)17-6-4-5-16(3)7-8-17/h4-8H2,1-3H3,(H,15,20)(H,18,19). The molecule has 1 aromatic heterocycles. The lowest BCUT2D eigenvalue weighted by molar-refractivity contribution is 0.0697. The van der Waals surface area contributed by atoms with E-state index < -0.39 is 5.97 Å². The number of carbonyl (C=O) groups is 2. The minimum Gasteiger partial charge on any atom is -0.478 e. The van der Waals surface area contributed by atoms with E-state index in [0.717, 1.165) is 30.0 Å². The molecule has 1 saturated heterocycles. The number of nitrogens with one attached hydrogen (secondary N) is 1. The van der Waals surface area contributed by atoms with Crippen molar-refractivity contribution in [2.75, 3.05) is 38.5 Å². The Labute approximate surface area is 128 Å². The highest BCUT2D eigenvalue weighted by molar-refractivity contribution is 7.16. The fraction of sp³-hybridized carbons (Fsp3) is 0.571. The fourth-order valence-corrected chi connectivity index (χ4v) is 3.44. The molecule has 6 nitrogen and oxygen atoms in total. The predicted octanol–water partition coefficient (Wildman–Crippen LogP) is 2.23. The van der Waals surface area contributed by atoms with Crippen LogP contribution < -0.4 is 5.32 Å². The molecule has 0 radical (unpaired) electrons. The number of nitrogens with zero attached hydrogens (tertiary/aromatic N) is 2. The van der Waals surface area contributed by atoms with Crippen LogP contribution >= 0.6 is 11.3 Å². The third kappa shape index (κ3) is 3.54. The lowest BCUT2D eigenvalue weighted by Crippen LogP contribution is -2.37. The molecule has 0 saturated carbocycles. The summed E-state index contributed by atoms with van der Waals surface area (Å²) >= 11 is 1.32. The van der Waals surface area contributed by atoms with Gasteiger partial charge in [-0.2, -0.15) is 0 Å². The molecule has 2 amide bonds. The van der Waals surface area contributed by atoms with Crippen LogP contribution in [0.25, 0.3) is 0 Å². The molecule has 2 heterocycles. The number of likely N-dealkylation sites (N-methyl/N-ethyl adjacent to an activating group) is 1.